The summed E-state index contributed by atoms with van der Waals surface area (Å²) in [5.41, 5.74) is 2.75. The Morgan fingerprint density at radius 3 is 2.79 bits per heavy atom. The Kier molecular flexibility index (Phi) is 5.60. The van der Waals surface area contributed by atoms with Crippen LogP contribution in [0.25, 0.3) is 6.08 Å². The van der Waals surface area contributed by atoms with Crippen molar-refractivity contribution in [2.24, 2.45) is 7.05 Å². The highest BCUT2D eigenvalue weighted by Crippen LogP contribution is 2.40. The highest BCUT2D eigenvalue weighted by atomic mass is 35.5. The van der Waals surface area contributed by atoms with Crippen LogP contribution < -0.4 is 14.8 Å². The molecule has 1 aromatic carbocycles. The van der Waals surface area contributed by atoms with Crippen molar-refractivity contribution in [3.63, 3.8) is 0 Å². The fourth-order valence-electron chi connectivity index (χ4n) is 2.69. The number of halogens is 1. The zero-order valence-corrected chi connectivity index (χ0v) is 16.7. The number of benzene rings is 1. The van der Waals surface area contributed by atoms with Crippen LogP contribution in [0.15, 0.2) is 18.2 Å². The number of hydrogen-bond donors (Lipinski definition) is 1. The molecule has 9 heteroatoms. The van der Waals surface area contributed by atoms with Crippen molar-refractivity contribution in [2.45, 2.75) is 26.9 Å². The van der Waals surface area contributed by atoms with Gasteiger partial charge in [0.25, 0.3) is 5.91 Å². The van der Waals surface area contributed by atoms with Gasteiger partial charge in [-0.25, -0.2) is 4.79 Å². The number of nitrogens with one attached hydrogen (secondary N) is 1. The number of hydrogen-bond acceptors (Lipinski definition) is 6. The van der Waals surface area contributed by atoms with E-state index >= 15 is 0 Å². The first-order valence-electron chi connectivity index (χ1n) is 8.55. The van der Waals surface area contributed by atoms with Crippen LogP contribution in [0.2, 0.25) is 5.02 Å². The number of nitrogens with zero attached hydrogens (tertiary/aromatic N) is 2. The van der Waals surface area contributed by atoms with Crippen LogP contribution in [0, 0.1) is 13.8 Å². The summed E-state index contributed by atoms with van der Waals surface area (Å²) >= 11 is 6.11. The number of aryl methyl sites for hydroxylation is 2. The monoisotopic (exact) mass is 405 g/mol. The van der Waals surface area contributed by atoms with Gasteiger partial charge in [-0.05, 0) is 44.5 Å². The van der Waals surface area contributed by atoms with Crippen LogP contribution in [0.5, 0.6) is 11.5 Å². The minimum atomic E-state index is -0.975. The minimum Gasteiger partial charge on any atom is -0.454 e. The van der Waals surface area contributed by atoms with Gasteiger partial charge in [0.2, 0.25) is 6.79 Å². The first-order chi connectivity index (χ1) is 13.3. The largest absolute Gasteiger partial charge is 0.454 e. The van der Waals surface area contributed by atoms with Gasteiger partial charge in [0.15, 0.2) is 17.6 Å². The lowest BCUT2D eigenvalue weighted by Gasteiger charge is -2.12. The van der Waals surface area contributed by atoms with Crippen molar-refractivity contribution in [3.8, 4) is 11.5 Å². The highest BCUT2D eigenvalue weighted by molar-refractivity contribution is 6.32. The number of carbonyl (C=O) groups excluding carboxylic acids is 2. The molecule has 2 aromatic rings. The smallest absolute Gasteiger partial charge is 0.331 e. The molecule has 3 rings (SSSR count). The average Bonchev–Trinajstić information content (AvgIpc) is 3.20. The number of fused-ring (bicyclic) bond motifs is 1. The summed E-state index contributed by atoms with van der Waals surface area (Å²) in [6.45, 7) is 5.23. The first-order valence-corrected chi connectivity index (χ1v) is 8.93. The second-order valence-corrected chi connectivity index (χ2v) is 6.71. The van der Waals surface area contributed by atoms with Gasteiger partial charge < -0.3 is 19.5 Å². The third-order valence-corrected chi connectivity index (χ3v) is 4.56. The van der Waals surface area contributed by atoms with Crippen molar-refractivity contribution in [3.05, 3.63) is 40.2 Å². The van der Waals surface area contributed by atoms with Crippen molar-refractivity contribution in [2.75, 3.05) is 12.1 Å². The number of rotatable bonds is 5. The maximum atomic E-state index is 12.3. The Morgan fingerprint density at radius 1 is 1.36 bits per heavy atom. The summed E-state index contributed by atoms with van der Waals surface area (Å²) in [4.78, 5) is 24.4. The molecule has 1 N–H and O–H groups in total. The molecule has 0 unspecified atom stereocenters. The molecular formula is C19H20ClN3O5. The fourth-order valence-corrected chi connectivity index (χ4v) is 2.97. The molecule has 0 aliphatic carbocycles. The molecule has 1 amide bonds. The van der Waals surface area contributed by atoms with Crippen LogP contribution in [0.4, 0.5) is 5.69 Å². The van der Waals surface area contributed by atoms with Crippen LogP contribution in [-0.4, -0.2) is 34.6 Å². The Balaban J connectivity index is 1.60. The summed E-state index contributed by atoms with van der Waals surface area (Å²) in [5, 5.41) is 7.36. The van der Waals surface area contributed by atoms with Gasteiger partial charge in [-0.1, -0.05) is 11.6 Å². The van der Waals surface area contributed by atoms with E-state index in [1.807, 2.05) is 6.92 Å². The zero-order chi connectivity index (χ0) is 20.4. The van der Waals surface area contributed by atoms with Gasteiger partial charge in [-0.15, -0.1) is 0 Å². The number of aromatic nitrogens is 2. The van der Waals surface area contributed by atoms with E-state index < -0.39 is 18.0 Å². The molecule has 0 saturated heterocycles. The van der Waals surface area contributed by atoms with E-state index in [9.17, 15) is 9.59 Å². The minimum absolute atomic E-state index is 0.104. The number of carbonyl (C=O) groups is 2. The van der Waals surface area contributed by atoms with Crippen molar-refractivity contribution in [1.29, 1.82) is 0 Å². The van der Waals surface area contributed by atoms with E-state index in [-0.39, 0.29) is 6.79 Å². The molecule has 0 saturated carbocycles. The molecule has 2 heterocycles. The van der Waals surface area contributed by atoms with Crippen LogP contribution in [0.3, 0.4) is 0 Å². The predicted octanol–water partition coefficient (Wildman–Crippen LogP) is 3.00. The molecule has 0 bridgehead atoms. The summed E-state index contributed by atoms with van der Waals surface area (Å²) in [6, 6.07) is 3.34. The van der Waals surface area contributed by atoms with Crippen molar-refractivity contribution in [1.82, 2.24) is 9.78 Å². The van der Waals surface area contributed by atoms with Gasteiger partial charge in [-0.3, -0.25) is 9.48 Å². The Morgan fingerprint density at radius 2 is 2.11 bits per heavy atom. The Labute approximate surface area is 167 Å². The molecule has 8 nitrogen and oxygen atoms in total. The molecule has 1 aliphatic heterocycles. The third-order valence-electron chi connectivity index (χ3n) is 4.28. The Hall–Kier alpha value is -3.00. The van der Waals surface area contributed by atoms with Crippen LogP contribution >= 0.6 is 11.6 Å². The second kappa shape index (κ2) is 7.93. The second-order valence-electron chi connectivity index (χ2n) is 6.31. The van der Waals surface area contributed by atoms with Crippen LogP contribution in [0.1, 0.15) is 23.9 Å². The zero-order valence-electron chi connectivity index (χ0n) is 15.9. The van der Waals surface area contributed by atoms with Crippen molar-refractivity contribution >= 4 is 35.2 Å². The number of amides is 1. The standard InChI is InChI=1S/C19H20ClN3O5/c1-10-17(11(2)23(4)22-10)21-19(25)12(3)28-16(24)6-5-13-7-14(20)18-15(8-13)26-9-27-18/h5-8,12H,9H2,1-4H3,(H,21,25)/b6-5+/t12-/m1/s1. The number of ether oxygens (including phenoxy) is 3. The van der Waals surface area contributed by atoms with Gasteiger partial charge in [0.1, 0.15) is 0 Å². The van der Waals surface area contributed by atoms with Gasteiger partial charge >= 0.3 is 5.97 Å². The quantitative estimate of drug-likeness (QED) is 0.607. The van der Waals surface area contributed by atoms with Gasteiger partial charge in [0.05, 0.1) is 22.1 Å². The topological polar surface area (TPSA) is 91.7 Å². The summed E-state index contributed by atoms with van der Waals surface area (Å²) in [7, 11) is 1.79. The average molecular weight is 406 g/mol. The van der Waals surface area contributed by atoms with E-state index in [0.29, 0.717) is 33.5 Å². The van der Waals surface area contributed by atoms with E-state index in [4.69, 9.17) is 25.8 Å². The summed E-state index contributed by atoms with van der Waals surface area (Å²) < 4.78 is 17.3. The Bertz CT molecular complexity index is 967. The molecule has 28 heavy (non-hydrogen) atoms. The van der Waals surface area contributed by atoms with E-state index in [0.717, 1.165) is 5.69 Å². The molecule has 0 spiro atoms. The van der Waals surface area contributed by atoms with Crippen LogP contribution in [-0.2, 0) is 21.4 Å². The lowest BCUT2D eigenvalue weighted by atomic mass is 10.2. The molecule has 1 atom stereocenters. The van der Waals surface area contributed by atoms with Gasteiger partial charge in [-0.2, -0.15) is 5.10 Å². The van der Waals surface area contributed by atoms with Gasteiger partial charge in [0, 0.05) is 13.1 Å². The summed E-state index contributed by atoms with van der Waals surface area (Å²) in [5.74, 6) is -0.105. The molecule has 0 radical (unpaired) electrons. The third kappa shape index (κ3) is 4.12. The molecule has 1 aliphatic rings. The maximum Gasteiger partial charge on any atom is 0.331 e. The van der Waals surface area contributed by atoms with E-state index in [1.54, 1.807) is 30.8 Å². The molecule has 1 aromatic heterocycles. The van der Waals surface area contributed by atoms with E-state index in [1.165, 1.54) is 19.1 Å². The predicted molar refractivity (Wildman–Crippen MR) is 103 cm³/mol. The first kappa shape index (κ1) is 19.8. The lowest BCUT2D eigenvalue weighted by Crippen LogP contribution is -2.29. The maximum absolute atomic E-state index is 12.3. The molecular weight excluding hydrogens is 386 g/mol. The summed E-state index contributed by atoms with van der Waals surface area (Å²) in [6.07, 6.45) is 1.77. The molecule has 0 fully saturated rings. The normalized spacial score (nSPS) is 13.6. The highest BCUT2D eigenvalue weighted by Gasteiger charge is 2.20. The number of esters is 1. The molecule has 148 valence electrons. The number of anilines is 1. The lowest BCUT2D eigenvalue weighted by molar-refractivity contribution is -0.148. The van der Waals surface area contributed by atoms with E-state index in [2.05, 4.69) is 10.4 Å². The fraction of sp³-hybridized carbons (Fsp3) is 0.316. The van der Waals surface area contributed by atoms with Crippen molar-refractivity contribution < 1.29 is 23.8 Å². The SMILES string of the molecule is Cc1nn(C)c(C)c1NC(=O)[C@@H](C)OC(=O)/C=C/c1cc(Cl)c2c(c1)OCO2.